The number of aryl methyl sites for hydroxylation is 2. The van der Waals surface area contributed by atoms with Gasteiger partial charge in [0.15, 0.2) is 11.6 Å². The molecule has 23 heavy (non-hydrogen) atoms. The van der Waals surface area contributed by atoms with Crippen LogP contribution in [-0.2, 0) is 0 Å². The summed E-state index contributed by atoms with van der Waals surface area (Å²) in [6.07, 6.45) is 5.22. The second-order valence-electron chi connectivity index (χ2n) is 4.97. The lowest BCUT2D eigenvalue weighted by atomic mass is 10.3. The molecule has 116 valence electrons. The predicted molar refractivity (Wildman–Crippen MR) is 90.8 cm³/mol. The Labute approximate surface area is 139 Å². The van der Waals surface area contributed by atoms with Gasteiger partial charge in [0, 0.05) is 29.6 Å². The molecular formula is C17H16N4OS. The fraction of sp³-hybridized carbons (Fsp3) is 0.118. The minimum Gasteiger partial charge on any atom is -0.452 e. The molecule has 3 rings (SSSR count). The summed E-state index contributed by atoms with van der Waals surface area (Å²) in [7, 11) is 0. The van der Waals surface area contributed by atoms with Crippen LogP contribution >= 0.6 is 11.8 Å². The summed E-state index contributed by atoms with van der Waals surface area (Å²) in [6, 6.07) is 9.48. The number of rotatable bonds is 4. The molecule has 0 radical (unpaired) electrons. The van der Waals surface area contributed by atoms with Gasteiger partial charge in [-0.3, -0.25) is 4.98 Å². The second-order valence-corrected chi connectivity index (χ2v) is 6.03. The summed E-state index contributed by atoms with van der Waals surface area (Å²) >= 11 is 1.53. The Bertz CT molecular complexity index is 838. The van der Waals surface area contributed by atoms with Crippen molar-refractivity contribution in [1.82, 2.24) is 15.0 Å². The van der Waals surface area contributed by atoms with Gasteiger partial charge in [-0.05, 0) is 37.6 Å². The summed E-state index contributed by atoms with van der Waals surface area (Å²) in [5.74, 6) is 1.52. The number of nitrogens with zero attached hydrogens (tertiary/aromatic N) is 3. The van der Waals surface area contributed by atoms with Gasteiger partial charge in [0.1, 0.15) is 10.8 Å². The maximum atomic E-state index is 5.93. The first kappa shape index (κ1) is 15.3. The zero-order valence-electron chi connectivity index (χ0n) is 12.9. The van der Waals surface area contributed by atoms with E-state index in [1.54, 1.807) is 18.6 Å². The van der Waals surface area contributed by atoms with E-state index in [-0.39, 0.29) is 0 Å². The third kappa shape index (κ3) is 3.60. The van der Waals surface area contributed by atoms with E-state index >= 15 is 0 Å². The highest BCUT2D eigenvalue weighted by Crippen LogP contribution is 2.34. The van der Waals surface area contributed by atoms with Crippen molar-refractivity contribution in [3.63, 3.8) is 0 Å². The first-order chi connectivity index (χ1) is 11.1. The topological polar surface area (TPSA) is 73.9 Å². The summed E-state index contributed by atoms with van der Waals surface area (Å²) in [6.45, 7) is 3.91. The van der Waals surface area contributed by atoms with Crippen LogP contribution in [0.25, 0.3) is 0 Å². The smallest absolute Gasteiger partial charge is 0.170 e. The molecule has 0 saturated carbocycles. The van der Waals surface area contributed by atoms with Gasteiger partial charge in [0.25, 0.3) is 0 Å². The van der Waals surface area contributed by atoms with Crippen molar-refractivity contribution in [2.24, 2.45) is 0 Å². The minimum absolute atomic E-state index is 0.343. The van der Waals surface area contributed by atoms with Gasteiger partial charge in [0.2, 0.25) is 0 Å². The molecule has 0 aliphatic carbocycles. The standard InChI is InChI=1S/C17H16N4OS/c1-11-5-3-8-20-17(11)23-13-9-15(16(18)21-10-13)22-14-6-4-7-19-12(14)2/h3-10H,1-2H3,(H2,18,21). The Balaban J connectivity index is 1.88. The molecule has 0 aromatic carbocycles. The number of aromatic nitrogens is 3. The molecule has 0 atom stereocenters. The van der Waals surface area contributed by atoms with Gasteiger partial charge in [-0.1, -0.05) is 17.8 Å². The molecular weight excluding hydrogens is 308 g/mol. The predicted octanol–water partition coefficient (Wildman–Crippen LogP) is 4.01. The van der Waals surface area contributed by atoms with Crippen molar-refractivity contribution in [2.45, 2.75) is 23.8 Å². The van der Waals surface area contributed by atoms with Gasteiger partial charge >= 0.3 is 0 Å². The van der Waals surface area contributed by atoms with E-state index in [2.05, 4.69) is 15.0 Å². The number of hydrogen-bond acceptors (Lipinski definition) is 6. The second kappa shape index (κ2) is 6.66. The molecule has 0 unspecified atom stereocenters. The normalized spacial score (nSPS) is 10.5. The van der Waals surface area contributed by atoms with Crippen molar-refractivity contribution in [3.8, 4) is 11.5 Å². The highest BCUT2D eigenvalue weighted by Gasteiger charge is 2.10. The third-order valence-electron chi connectivity index (χ3n) is 3.21. The lowest BCUT2D eigenvalue weighted by Gasteiger charge is -2.11. The van der Waals surface area contributed by atoms with Crippen LogP contribution in [0.3, 0.4) is 0 Å². The van der Waals surface area contributed by atoms with E-state index in [0.717, 1.165) is 21.2 Å². The minimum atomic E-state index is 0.343. The molecule has 5 nitrogen and oxygen atoms in total. The average molecular weight is 324 g/mol. The van der Waals surface area contributed by atoms with Crippen LogP contribution in [0.15, 0.2) is 58.8 Å². The van der Waals surface area contributed by atoms with E-state index in [1.165, 1.54) is 11.8 Å². The van der Waals surface area contributed by atoms with Crippen LogP contribution < -0.4 is 10.5 Å². The number of pyridine rings is 3. The zero-order chi connectivity index (χ0) is 16.2. The van der Waals surface area contributed by atoms with E-state index < -0.39 is 0 Å². The molecule has 3 heterocycles. The van der Waals surface area contributed by atoms with Crippen LogP contribution in [0.5, 0.6) is 11.5 Å². The highest BCUT2D eigenvalue weighted by atomic mass is 32.2. The summed E-state index contributed by atoms with van der Waals surface area (Å²) in [4.78, 5) is 13.7. The number of nitrogen functional groups attached to an aromatic ring is 1. The monoisotopic (exact) mass is 324 g/mol. The first-order valence-electron chi connectivity index (χ1n) is 7.08. The molecule has 3 aromatic rings. The van der Waals surface area contributed by atoms with Crippen LogP contribution in [0.4, 0.5) is 5.82 Å². The lowest BCUT2D eigenvalue weighted by Crippen LogP contribution is -1.97. The lowest BCUT2D eigenvalue weighted by molar-refractivity contribution is 0.474. The van der Waals surface area contributed by atoms with Gasteiger partial charge in [-0.25, -0.2) is 9.97 Å². The molecule has 0 saturated heterocycles. The molecule has 0 spiro atoms. The van der Waals surface area contributed by atoms with Gasteiger partial charge < -0.3 is 10.5 Å². The van der Waals surface area contributed by atoms with Crippen molar-refractivity contribution in [2.75, 3.05) is 5.73 Å². The number of hydrogen-bond donors (Lipinski definition) is 1. The number of ether oxygens (including phenoxy) is 1. The summed E-state index contributed by atoms with van der Waals surface area (Å²) in [5.41, 5.74) is 7.84. The molecule has 0 bridgehead atoms. The van der Waals surface area contributed by atoms with E-state index in [1.807, 2.05) is 44.2 Å². The molecule has 0 amide bonds. The van der Waals surface area contributed by atoms with Crippen LogP contribution in [-0.4, -0.2) is 15.0 Å². The quantitative estimate of drug-likeness (QED) is 0.781. The Morgan fingerprint density at radius 2 is 1.78 bits per heavy atom. The zero-order valence-corrected chi connectivity index (χ0v) is 13.7. The van der Waals surface area contributed by atoms with E-state index in [9.17, 15) is 0 Å². The van der Waals surface area contributed by atoms with Crippen LogP contribution in [0.2, 0.25) is 0 Å². The molecule has 3 aromatic heterocycles. The SMILES string of the molecule is Cc1cccnc1Sc1cnc(N)c(Oc2cccnc2C)c1. The van der Waals surface area contributed by atoms with Crippen LogP contribution in [0, 0.1) is 13.8 Å². The van der Waals surface area contributed by atoms with Crippen LogP contribution in [0.1, 0.15) is 11.3 Å². The first-order valence-corrected chi connectivity index (χ1v) is 7.89. The van der Waals surface area contributed by atoms with Gasteiger partial charge in [-0.2, -0.15) is 0 Å². The number of nitrogens with two attached hydrogens (primary N) is 1. The summed E-state index contributed by atoms with van der Waals surface area (Å²) in [5, 5.41) is 0.933. The fourth-order valence-corrected chi connectivity index (χ4v) is 2.80. The highest BCUT2D eigenvalue weighted by molar-refractivity contribution is 7.99. The largest absolute Gasteiger partial charge is 0.452 e. The fourth-order valence-electron chi connectivity index (χ4n) is 1.96. The Kier molecular flexibility index (Phi) is 4.43. The Morgan fingerprint density at radius 1 is 1.00 bits per heavy atom. The van der Waals surface area contributed by atoms with Gasteiger partial charge in [0.05, 0.1) is 5.69 Å². The maximum absolute atomic E-state index is 5.93. The molecule has 0 fully saturated rings. The van der Waals surface area contributed by atoms with Crippen molar-refractivity contribution in [3.05, 3.63) is 60.2 Å². The average Bonchev–Trinajstić information content (AvgIpc) is 2.55. The van der Waals surface area contributed by atoms with Crippen molar-refractivity contribution in [1.29, 1.82) is 0 Å². The Morgan fingerprint density at radius 3 is 2.57 bits per heavy atom. The van der Waals surface area contributed by atoms with Gasteiger partial charge in [-0.15, -0.1) is 0 Å². The van der Waals surface area contributed by atoms with Crippen molar-refractivity contribution < 1.29 is 4.74 Å². The maximum Gasteiger partial charge on any atom is 0.170 e. The van der Waals surface area contributed by atoms with Crippen molar-refractivity contribution >= 4 is 17.6 Å². The molecule has 0 aliphatic rings. The van der Waals surface area contributed by atoms with E-state index in [4.69, 9.17) is 10.5 Å². The van der Waals surface area contributed by atoms with E-state index in [0.29, 0.717) is 17.3 Å². The number of anilines is 1. The molecule has 2 N–H and O–H groups in total. The Hall–Kier alpha value is -2.60. The summed E-state index contributed by atoms with van der Waals surface area (Å²) < 4.78 is 5.86. The third-order valence-corrected chi connectivity index (χ3v) is 4.29. The molecule has 6 heteroatoms. The molecule has 0 aliphatic heterocycles.